The molecule has 8 nitrogen and oxygen atoms in total. The molecule has 0 aliphatic rings. The smallest absolute Gasteiger partial charge is 0.132 e. The van der Waals surface area contributed by atoms with E-state index in [-0.39, 0.29) is 0 Å². The molecule has 9 heteroatoms. The zero-order chi connectivity index (χ0) is 36.6. The average molecular weight is 701 g/mol. The van der Waals surface area contributed by atoms with Gasteiger partial charge >= 0.3 is 0 Å². The number of benzene rings is 4. The summed E-state index contributed by atoms with van der Waals surface area (Å²) in [5, 5.41) is 3.77. The second-order valence-corrected chi connectivity index (χ2v) is 13.1. The molecule has 0 radical (unpaired) electrons. The molecule has 2 aromatic heterocycles. The molecule has 6 rings (SSSR count). The number of aryl methyl sites for hydroxylation is 2. The highest BCUT2D eigenvalue weighted by atomic mass is 35.5. The molecule has 0 unspecified atom stereocenters. The Balaban J connectivity index is 0.000000194. The van der Waals surface area contributed by atoms with E-state index in [1.54, 1.807) is 6.07 Å². The number of nitrogens with one attached hydrogen (secondary N) is 1. The molecule has 0 aliphatic heterocycles. The van der Waals surface area contributed by atoms with E-state index < -0.39 is 0 Å². The number of aromatic nitrogens is 2. The van der Waals surface area contributed by atoms with Crippen molar-refractivity contribution in [2.45, 2.75) is 40.0 Å². The second kappa shape index (κ2) is 19.7. The Morgan fingerprint density at radius 2 is 0.980 bits per heavy atom. The Morgan fingerprint density at radius 3 is 1.45 bits per heavy atom. The van der Waals surface area contributed by atoms with Gasteiger partial charge in [0.1, 0.15) is 11.0 Å². The van der Waals surface area contributed by atoms with Gasteiger partial charge in [0.15, 0.2) is 0 Å². The van der Waals surface area contributed by atoms with Crippen LogP contribution in [0.5, 0.6) is 0 Å². The van der Waals surface area contributed by atoms with Crippen molar-refractivity contribution in [3.05, 3.63) is 172 Å². The average Bonchev–Trinajstić information content (AvgIpc) is 3.08. The molecule has 0 aliphatic carbocycles. The summed E-state index contributed by atoms with van der Waals surface area (Å²) in [6.07, 6.45) is 0. The summed E-state index contributed by atoms with van der Waals surface area (Å²) in [5.74, 6) is 0.770. The molecule has 51 heavy (non-hydrogen) atoms. The predicted octanol–water partition coefficient (Wildman–Crippen LogP) is 8.87. The molecular weight excluding hydrogens is 652 g/mol. The fraction of sp³-hybridized carbons (Fsp3) is 0.190. The first-order valence-electron chi connectivity index (χ1n) is 16.8. The van der Waals surface area contributed by atoms with Gasteiger partial charge in [-0.2, -0.15) is 0 Å². The highest BCUT2D eigenvalue weighted by molar-refractivity contribution is 6.29. The van der Waals surface area contributed by atoms with Crippen LogP contribution in [0.4, 0.5) is 28.6 Å². The standard InChI is InChI=1S/C21H24N4.C14H16ClN3.C7H9N/c1-16-8-10-19(11-9-16)23-21-13-18(22)12-20(24-21)15-25(2)14-17-6-4-3-5-7-17;1-18(9-11-5-3-2-4-6-11)10-13-7-12(16)8-14(15)17-13;1-6-2-4-7(8)5-3-6/h3-13H,14-15H2,1-2H3,(H3,22,23,24);2-8H,9-10H2,1H3,(H2,16,17);2-5H,8H2,1H3. The first-order chi connectivity index (χ1) is 24.5. The summed E-state index contributed by atoms with van der Waals surface area (Å²) >= 11 is 5.88. The van der Waals surface area contributed by atoms with E-state index in [1.165, 1.54) is 22.3 Å². The highest BCUT2D eigenvalue weighted by Gasteiger charge is 2.07. The maximum Gasteiger partial charge on any atom is 0.132 e. The zero-order valence-corrected chi connectivity index (χ0v) is 30.7. The van der Waals surface area contributed by atoms with Crippen molar-refractivity contribution in [3.8, 4) is 0 Å². The number of anilines is 5. The number of pyridine rings is 2. The molecule has 0 saturated carbocycles. The Labute approximate surface area is 307 Å². The number of hydrogen-bond donors (Lipinski definition) is 4. The van der Waals surface area contributed by atoms with E-state index in [2.05, 4.69) is 82.6 Å². The predicted molar refractivity (Wildman–Crippen MR) is 216 cm³/mol. The summed E-state index contributed by atoms with van der Waals surface area (Å²) in [6, 6.07) is 44.1. The number of nitrogens with two attached hydrogens (primary N) is 3. The molecule has 264 valence electrons. The van der Waals surface area contributed by atoms with E-state index >= 15 is 0 Å². The molecule has 2 heterocycles. The highest BCUT2D eigenvalue weighted by Crippen LogP contribution is 2.20. The Kier molecular flexibility index (Phi) is 14.8. The van der Waals surface area contributed by atoms with Gasteiger partial charge in [-0.05, 0) is 81.5 Å². The van der Waals surface area contributed by atoms with E-state index in [0.29, 0.717) is 16.5 Å². The van der Waals surface area contributed by atoms with Crippen LogP contribution < -0.4 is 22.5 Å². The number of hydrogen-bond acceptors (Lipinski definition) is 8. The lowest BCUT2D eigenvalue weighted by Gasteiger charge is -2.17. The minimum absolute atomic E-state index is 0.443. The zero-order valence-electron chi connectivity index (χ0n) is 29.9. The summed E-state index contributed by atoms with van der Waals surface area (Å²) in [5.41, 5.74) is 27.3. The minimum Gasteiger partial charge on any atom is -0.399 e. The van der Waals surface area contributed by atoms with E-state index in [0.717, 1.165) is 54.8 Å². The van der Waals surface area contributed by atoms with Crippen LogP contribution in [0, 0.1) is 13.8 Å². The van der Waals surface area contributed by atoms with Crippen LogP contribution in [0.15, 0.2) is 133 Å². The SMILES string of the molecule is CN(Cc1ccccc1)Cc1cc(N)cc(Cl)n1.Cc1ccc(N)cc1.Cc1ccc(Nc2cc(N)cc(CN(C)Cc3ccccc3)n2)cc1. The van der Waals surface area contributed by atoms with Gasteiger partial charge in [-0.25, -0.2) is 9.97 Å². The number of rotatable bonds is 10. The first-order valence-corrected chi connectivity index (χ1v) is 17.2. The third-order valence-electron chi connectivity index (χ3n) is 7.63. The topological polar surface area (TPSA) is 122 Å². The van der Waals surface area contributed by atoms with Crippen molar-refractivity contribution >= 4 is 40.2 Å². The van der Waals surface area contributed by atoms with Crippen LogP contribution in [0.3, 0.4) is 0 Å². The van der Waals surface area contributed by atoms with Gasteiger partial charge in [0.2, 0.25) is 0 Å². The van der Waals surface area contributed by atoms with Crippen molar-refractivity contribution in [1.29, 1.82) is 0 Å². The quantitative estimate of drug-likeness (QED) is 0.0826. The third-order valence-corrected chi connectivity index (χ3v) is 7.82. The Bertz CT molecular complexity index is 1860. The van der Waals surface area contributed by atoms with Crippen LogP contribution in [0.1, 0.15) is 33.6 Å². The van der Waals surface area contributed by atoms with Crippen LogP contribution in [-0.2, 0) is 26.2 Å². The molecule has 0 fully saturated rings. The molecule has 4 aromatic carbocycles. The largest absolute Gasteiger partial charge is 0.399 e. The van der Waals surface area contributed by atoms with Gasteiger partial charge < -0.3 is 22.5 Å². The maximum atomic E-state index is 6.07. The summed E-state index contributed by atoms with van der Waals surface area (Å²) in [4.78, 5) is 13.4. The lowest BCUT2D eigenvalue weighted by molar-refractivity contribution is 0.315. The van der Waals surface area contributed by atoms with Gasteiger partial charge in [-0.3, -0.25) is 9.80 Å². The molecule has 7 N–H and O–H groups in total. The van der Waals surface area contributed by atoms with Crippen molar-refractivity contribution in [3.63, 3.8) is 0 Å². The molecule has 6 aromatic rings. The van der Waals surface area contributed by atoms with Gasteiger partial charge in [0.05, 0.1) is 11.4 Å². The molecular formula is C42H49ClN8. The van der Waals surface area contributed by atoms with Gasteiger partial charge in [0, 0.05) is 55.0 Å². The maximum absolute atomic E-state index is 6.07. The lowest BCUT2D eigenvalue weighted by Crippen LogP contribution is -2.18. The summed E-state index contributed by atoms with van der Waals surface area (Å²) in [6.45, 7) is 7.32. The van der Waals surface area contributed by atoms with Crippen LogP contribution in [0.25, 0.3) is 0 Å². The van der Waals surface area contributed by atoms with Gasteiger partial charge in [0.25, 0.3) is 0 Å². The lowest BCUT2D eigenvalue weighted by atomic mass is 10.2. The minimum atomic E-state index is 0.443. The molecule has 0 saturated heterocycles. The molecule has 0 spiro atoms. The Morgan fingerprint density at radius 1 is 0.529 bits per heavy atom. The summed E-state index contributed by atoms with van der Waals surface area (Å²) in [7, 11) is 4.14. The molecule has 0 amide bonds. The van der Waals surface area contributed by atoms with Crippen molar-refractivity contribution in [2.24, 2.45) is 0 Å². The normalized spacial score (nSPS) is 10.6. The van der Waals surface area contributed by atoms with E-state index in [1.807, 2.05) is 92.8 Å². The number of nitrogens with zero attached hydrogens (tertiary/aromatic N) is 4. The fourth-order valence-electron chi connectivity index (χ4n) is 5.22. The number of halogens is 1. The third kappa shape index (κ3) is 14.5. The van der Waals surface area contributed by atoms with Gasteiger partial charge in [-0.1, -0.05) is 108 Å². The van der Waals surface area contributed by atoms with E-state index in [4.69, 9.17) is 33.8 Å². The monoisotopic (exact) mass is 700 g/mol. The van der Waals surface area contributed by atoms with Crippen LogP contribution >= 0.6 is 11.6 Å². The molecule has 0 bridgehead atoms. The van der Waals surface area contributed by atoms with Crippen molar-refractivity contribution in [2.75, 3.05) is 36.6 Å². The second-order valence-electron chi connectivity index (χ2n) is 12.7. The van der Waals surface area contributed by atoms with Crippen molar-refractivity contribution < 1.29 is 0 Å². The van der Waals surface area contributed by atoms with Gasteiger partial charge in [-0.15, -0.1) is 0 Å². The van der Waals surface area contributed by atoms with Crippen molar-refractivity contribution in [1.82, 2.24) is 19.8 Å². The number of nitrogen functional groups attached to an aromatic ring is 3. The Hall–Kier alpha value is -5.41. The van der Waals surface area contributed by atoms with E-state index in [9.17, 15) is 0 Å². The fourth-order valence-corrected chi connectivity index (χ4v) is 5.45. The summed E-state index contributed by atoms with van der Waals surface area (Å²) < 4.78 is 0. The molecule has 0 atom stereocenters. The van der Waals surface area contributed by atoms with Crippen LogP contribution in [0.2, 0.25) is 5.15 Å². The first kappa shape index (κ1) is 38.4. The van der Waals surface area contributed by atoms with Crippen LogP contribution in [-0.4, -0.2) is 33.9 Å².